The van der Waals surface area contributed by atoms with Crippen LogP contribution >= 0.6 is 11.8 Å². The SMILES string of the molecule is COc1ccc(-c2cc(CSc3nccn3-c3ccc(OC)cc3)on2)cc1. The molecule has 0 fully saturated rings. The molecule has 0 N–H and O–H groups in total. The van der Waals surface area contributed by atoms with E-state index in [1.807, 2.05) is 65.4 Å². The Hall–Kier alpha value is -3.19. The van der Waals surface area contributed by atoms with Crippen LogP contribution in [0.4, 0.5) is 0 Å². The van der Waals surface area contributed by atoms with Crippen molar-refractivity contribution in [3.8, 4) is 28.4 Å². The van der Waals surface area contributed by atoms with Gasteiger partial charge in [-0.2, -0.15) is 0 Å². The Labute approximate surface area is 167 Å². The van der Waals surface area contributed by atoms with Crippen LogP contribution in [0.25, 0.3) is 16.9 Å². The Morgan fingerprint density at radius 1 is 0.964 bits per heavy atom. The maximum absolute atomic E-state index is 5.49. The van der Waals surface area contributed by atoms with Gasteiger partial charge in [0.1, 0.15) is 23.0 Å². The molecule has 4 rings (SSSR count). The predicted octanol–water partition coefficient (Wildman–Crippen LogP) is 4.84. The van der Waals surface area contributed by atoms with E-state index in [0.29, 0.717) is 5.75 Å². The molecular formula is C21H19N3O3S. The van der Waals surface area contributed by atoms with Crippen molar-refractivity contribution < 1.29 is 14.0 Å². The summed E-state index contributed by atoms with van der Waals surface area (Å²) < 4.78 is 17.9. The van der Waals surface area contributed by atoms with E-state index in [1.54, 1.807) is 32.2 Å². The Morgan fingerprint density at radius 2 is 1.64 bits per heavy atom. The normalized spacial score (nSPS) is 10.8. The van der Waals surface area contributed by atoms with Gasteiger partial charge in [-0.25, -0.2) is 4.98 Å². The van der Waals surface area contributed by atoms with Crippen molar-refractivity contribution in [1.29, 1.82) is 0 Å². The molecule has 0 spiro atoms. The lowest BCUT2D eigenvalue weighted by Crippen LogP contribution is -1.95. The van der Waals surface area contributed by atoms with Crippen LogP contribution in [0.1, 0.15) is 5.76 Å². The predicted molar refractivity (Wildman–Crippen MR) is 108 cm³/mol. The molecule has 0 atom stereocenters. The number of hydrogen-bond acceptors (Lipinski definition) is 6. The van der Waals surface area contributed by atoms with E-state index in [1.165, 1.54) is 0 Å². The van der Waals surface area contributed by atoms with Crippen LogP contribution in [0.2, 0.25) is 0 Å². The standard InChI is InChI=1S/C21H19N3O3S/c1-25-17-7-3-15(4-8-17)20-13-19(27-23-20)14-28-21-22-11-12-24(21)16-5-9-18(26-2)10-6-16/h3-13H,14H2,1-2H3. The molecule has 0 saturated heterocycles. The Kier molecular flexibility index (Phi) is 5.34. The van der Waals surface area contributed by atoms with E-state index >= 15 is 0 Å². The molecule has 0 radical (unpaired) electrons. The second-order valence-electron chi connectivity index (χ2n) is 5.97. The fraction of sp³-hybridized carbons (Fsp3) is 0.143. The number of ether oxygens (including phenoxy) is 2. The van der Waals surface area contributed by atoms with Gasteiger partial charge >= 0.3 is 0 Å². The summed E-state index contributed by atoms with van der Waals surface area (Å²) in [5.74, 6) is 3.07. The molecule has 2 heterocycles. The van der Waals surface area contributed by atoms with E-state index in [9.17, 15) is 0 Å². The minimum atomic E-state index is 0.635. The maximum atomic E-state index is 5.49. The lowest BCUT2D eigenvalue weighted by Gasteiger charge is -2.07. The number of hydrogen-bond donors (Lipinski definition) is 0. The summed E-state index contributed by atoms with van der Waals surface area (Å²) in [4.78, 5) is 4.45. The largest absolute Gasteiger partial charge is 0.497 e. The molecule has 0 unspecified atom stereocenters. The number of aromatic nitrogens is 3. The number of benzene rings is 2. The van der Waals surface area contributed by atoms with Crippen LogP contribution in [0.3, 0.4) is 0 Å². The first-order chi connectivity index (χ1) is 13.8. The first-order valence-electron chi connectivity index (χ1n) is 8.67. The summed E-state index contributed by atoms with van der Waals surface area (Å²) in [6, 6.07) is 17.6. The molecule has 0 aliphatic heterocycles. The maximum Gasteiger partial charge on any atom is 0.173 e. The third kappa shape index (κ3) is 3.89. The van der Waals surface area contributed by atoms with E-state index in [-0.39, 0.29) is 0 Å². The molecule has 0 amide bonds. The van der Waals surface area contributed by atoms with Crippen molar-refractivity contribution in [1.82, 2.24) is 14.7 Å². The van der Waals surface area contributed by atoms with Crippen molar-refractivity contribution in [2.75, 3.05) is 14.2 Å². The third-order valence-corrected chi connectivity index (χ3v) is 5.23. The molecule has 2 aromatic carbocycles. The molecule has 4 aromatic rings. The molecule has 142 valence electrons. The van der Waals surface area contributed by atoms with Crippen LogP contribution in [-0.2, 0) is 5.75 Å². The minimum Gasteiger partial charge on any atom is -0.497 e. The molecule has 2 aromatic heterocycles. The van der Waals surface area contributed by atoms with Gasteiger partial charge in [0.05, 0.1) is 20.0 Å². The lowest BCUT2D eigenvalue weighted by atomic mass is 10.1. The van der Waals surface area contributed by atoms with Crippen LogP contribution in [0, 0.1) is 0 Å². The van der Waals surface area contributed by atoms with Gasteiger partial charge in [0.15, 0.2) is 5.16 Å². The number of nitrogens with zero attached hydrogens (tertiary/aromatic N) is 3. The number of imidazole rings is 1. The van der Waals surface area contributed by atoms with Gasteiger partial charge in [0.2, 0.25) is 0 Å². The monoisotopic (exact) mass is 393 g/mol. The topological polar surface area (TPSA) is 62.3 Å². The minimum absolute atomic E-state index is 0.635. The second kappa shape index (κ2) is 8.22. The molecule has 0 aliphatic rings. The van der Waals surface area contributed by atoms with Gasteiger partial charge in [0.25, 0.3) is 0 Å². The molecular weight excluding hydrogens is 374 g/mol. The number of thioether (sulfide) groups is 1. The number of rotatable bonds is 7. The summed E-state index contributed by atoms with van der Waals surface area (Å²) in [5, 5.41) is 5.05. The first-order valence-corrected chi connectivity index (χ1v) is 9.66. The number of methoxy groups -OCH3 is 2. The third-order valence-electron chi connectivity index (χ3n) is 4.25. The molecule has 6 nitrogen and oxygen atoms in total. The van der Waals surface area contributed by atoms with E-state index in [0.717, 1.165) is 39.4 Å². The average molecular weight is 393 g/mol. The van der Waals surface area contributed by atoms with Gasteiger partial charge in [-0.15, -0.1) is 0 Å². The fourth-order valence-corrected chi connectivity index (χ4v) is 3.60. The molecule has 0 saturated carbocycles. The van der Waals surface area contributed by atoms with Crippen molar-refractivity contribution in [3.05, 3.63) is 72.8 Å². The van der Waals surface area contributed by atoms with Crippen LogP contribution in [-0.4, -0.2) is 28.9 Å². The molecule has 28 heavy (non-hydrogen) atoms. The Bertz CT molecular complexity index is 1040. The Balaban J connectivity index is 1.45. The zero-order valence-electron chi connectivity index (χ0n) is 15.5. The highest BCUT2D eigenvalue weighted by Gasteiger charge is 2.11. The van der Waals surface area contributed by atoms with Gasteiger partial charge in [-0.3, -0.25) is 4.57 Å². The van der Waals surface area contributed by atoms with Gasteiger partial charge < -0.3 is 14.0 Å². The summed E-state index contributed by atoms with van der Waals surface area (Å²) in [6.45, 7) is 0. The lowest BCUT2D eigenvalue weighted by molar-refractivity contribution is 0.397. The van der Waals surface area contributed by atoms with Gasteiger partial charge in [-0.1, -0.05) is 16.9 Å². The zero-order valence-corrected chi connectivity index (χ0v) is 16.3. The van der Waals surface area contributed by atoms with Crippen LogP contribution in [0.15, 0.2) is 76.7 Å². The van der Waals surface area contributed by atoms with E-state index < -0.39 is 0 Å². The average Bonchev–Trinajstić information content (AvgIpc) is 3.42. The smallest absolute Gasteiger partial charge is 0.173 e. The highest BCUT2D eigenvalue weighted by molar-refractivity contribution is 7.98. The van der Waals surface area contributed by atoms with Crippen LogP contribution < -0.4 is 9.47 Å². The highest BCUT2D eigenvalue weighted by Crippen LogP contribution is 2.28. The Morgan fingerprint density at radius 3 is 2.32 bits per heavy atom. The summed E-state index contributed by atoms with van der Waals surface area (Å²) in [6.07, 6.45) is 3.73. The molecule has 0 aliphatic carbocycles. The zero-order chi connectivity index (χ0) is 19.3. The molecule has 0 bridgehead atoms. The van der Waals surface area contributed by atoms with E-state index in [4.69, 9.17) is 14.0 Å². The van der Waals surface area contributed by atoms with Crippen molar-refractivity contribution in [2.24, 2.45) is 0 Å². The first kappa shape index (κ1) is 18.2. The summed E-state index contributed by atoms with van der Waals surface area (Å²) in [7, 11) is 3.31. The van der Waals surface area contributed by atoms with Crippen molar-refractivity contribution in [3.63, 3.8) is 0 Å². The quantitative estimate of drug-likeness (QED) is 0.419. The van der Waals surface area contributed by atoms with Crippen LogP contribution in [0.5, 0.6) is 11.5 Å². The van der Waals surface area contributed by atoms with E-state index in [2.05, 4.69) is 10.1 Å². The van der Waals surface area contributed by atoms with Gasteiger partial charge in [-0.05, 0) is 48.5 Å². The molecule has 7 heteroatoms. The highest BCUT2D eigenvalue weighted by atomic mass is 32.2. The summed E-state index contributed by atoms with van der Waals surface area (Å²) in [5.41, 5.74) is 2.81. The fourth-order valence-electron chi connectivity index (χ4n) is 2.75. The summed E-state index contributed by atoms with van der Waals surface area (Å²) >= 11 is 1.59. The second-order valence-corrected chi connectivity index (χ2v) is 6.92. The van der Waals surface area contributed by atoms with Crippen molar-refractivity contribution >= 4 is 11.8 Å². The van der Waals surface area contributed by atoms with Crippen molar-refractivity contribution in [2.45, 2.75) is 10.9 Å². The van der Waals surface area contributed by atoms with Gasteiger partial charge in [0, 0.05) is 29.7 Å².